The van der Waals surface area contributed by atoms with Gasteiger partial charge < -0.3 is 25.5 Å². The van der Waals surface area contributed by atoms with Crippen LogP contribution >= 0.6 is 0 Å². The highest BCUT2D eigenvalue weighted by atomic mass is 16.4. The number of aliphatic carboxylic acids is 3. The Morgan fingerprint density at radius 1 is 0.600 bits per heavy atom. The summed E-state index contributed by atoms with van der Waals surface area (Å²) in [5, 5.41) is 40.2. The number of carboxylic acid groups (broad SMARTS) is 5. The van der Waals surface area contributed by atoms with Crippen LogP contribution in [-0.2, 0) is 14.4 Å². The van der Waals surface area contributed by atoms with E-state index in [1.54, 1.807) is 19.0 Å². The lowest BCUT2D eigenvalue weighted by Crippen LogP contribution is -2.30. The van der Waals surface area contributed by atoms with E-state index >= 15 is 0 Å². The van der Waals surface area contributed by atoms with Crippen LogP contribution in [0.4, 0.5) is 9.59 Å². The highest BCUT2D eigenvalue weighted by Crippen LogP contribution is 1.81. The molecule has 0 aliphatic rings. The van der Waals surface area contributed by atoms with Crippen molar-refractivity contribution in [3.8, 4) is 0 Å². The SMILES string of the molecule is CN(C(=O)O)C(=O)O.CN(C)CC(=O)O.CN(CC(=O)O)CC(=O)O. The Morgan fingerprint density at radius 2 is 0.880 bits per heavy atom. The second-order valence-corrected chi connectivity index (χ2v) is 4.72. The maximum absolute atomic E-state index is 9.96. The van der Waals surface area contributed by atoms with Crippen LogP contribution in [0.1, 0.15) is 0 Å². The zero-order valence-electron chi connectivity index (χ0n) is 14.2. The van der Waals surface area contributed by atoms with Gasteiger partial charge in [0.25, 0.3) is 0 Å². The summed E-state index contributed by atoms with van der Waals surface area (Å²) < 4.78 is 0. The van der Waals surface area contributed by atoms with Gasteiger partial charge in [-0.2, -0.15) is 0 Å². The Balaban J connectivity index is -0.000000296. The predicted octanol–water partition coefficient (Wildman–Crippen LogP) is -1.01. The molecule has 0 radical (unpaired) electrons. The van der Waals surface area contributed by atoms with Crippen LogP contribution in [0.3, 0.4) is 0 Å². The number of rotatable bonds is 6. The highest BCUT2D eigenvalue weighted by molar-refractivity contribution is 5.84. The summed E-state index contributed by atoms with van der Waals surface area (Å²) in [7, 11) is 5.81. The third kappa shape index (κ3) is 26.3. The summed E-state index contributed by atoms with van der Waals surface area (Å²) in [6, 6.07) is 0. The Morgan fingerprint density at radius 3 is 0.960 bits per heavy atom. The first-order chi connectivity index (χ1) is 11.2. The van der Waals surface area contributed by atoms with Crippen LogP contribution in [0.15, 0.2) is 0 Å². The van der Waals surface area contributed by atoms with Crippen LogP contribution in [0.2, 0.25) is 0 Å². The minimum absolute atomic E-state index is 0.111. The average molecular weight is 369 g/mol. The monoisotopic (exact) mass is 369 g/mol. The Kier molecular flexibility index (Phi) is 15.8. The molecule has 5 N–H and O–H groups in total. The quantitative estimate of drug-likeness (QED) is 0.383. The lowest BCUT2D eigenvalue weighted by Gasteiger charge is -2.08. The first kappa shape index (κ1) is 26.9. The van der Waals surface area contributed by atoms with E-state index in [4.69, 9.17) is 25.5 Å². The summed E-state index contributed by atoms with van der Waals surface area (Å²) in [5.41, 5.74) is 0. The van der Waals surface area contributed by atoms with E-state index in [-0.39, 0.29) is 24.5 Å². The zero-order valence-corrected chi connectivity index (χ0v) is 14.2. The van der Waals surface area contributed by atoms with Gasteiger partial charge in [-0.3, -0.25) is 24.2 Å². The molecule has 0 aromatic heterocycles. The van der Waals surface area contributed by atoms with Gasteiger partial charge in [-0.25, -0.2) is 14.5 Å². The van der Waals surface area contributed by atoms with Gasteiger partial charge in [-0.05, 0) is 21.1 Å². The molecule has 25 heavy (non-hydrogen) atoms. The summed E-state index contributed by atoms with van der Waals surface area (Å²) >= 11 is 0. The van der Waals surface area contributed by atoms with E-state index in [1.165, 1.54) is 11.9 Å². The molecule has 0 aliphatic heterocycles. The highest BCUT2D eigenvalue weighted by Gasteiger charge is 2.11. The van der Waals surface area contributed by atoms with Crippen molar-refractivity contribution in [3.63, 3.8) is 0 Å². The zero-order chi connectivity index (χ0) is 20.7. The van der Waals surface area contributed by atoms with Gasteiger partial charge in [0.2, 0.25) is 0 Å². The van der Waals surface area contributed by atoms with E-state index in [2.05, 4.69) is 0 Å². The fraction of sp³-hybridized carbons (Fsp3) is 0.583. The smallest absolute Gasteiger partial charge is 0.416 e. The van der Waals surface area contributed by atoms with Crippen LogP contribution in [0.5, 0.6) is 0 Å². The fourth-order valence-electron chi connectivity index (χ4n) is 0.870. The average Bonchev–Trinajstić information content (AvgIpc) is 2.34. The Hall–Kier alpha value is -2.93. The van der Waals surface area contributed by atoms with Crippen molar-refractivity contribution in [1.82, 2.24) is 14.7 Å². The number of hydrogen-bond acceptors (Lipinski definition) is 7. The van der Waals surface area contributed by atoms with Crippen molar-refractivity contribution in [3.05, 3.63) is 0 Å². The molecule has 0 fully saturated rings. The minimum Gasteiger partial charge on any atom is -0.480 e. The molecule has 0 heterocycles. The molecule has 0 saturated heterocycles. The van der Waals surface area contributed by atoms with Gasteiger partial charge in [0, 0.05) is 7.05 Å². The number of likely N-dealkylation sites (N-methyl/N-ethyl adjacent to an activating group) is 2. The summed E-state index contributed by atoms with van der Waals surface area (Å²) in [6.07, 6.45) is -2.95. The summed E-state index contributed by atoms with van der Waals surface area (Å²) in [5.74, 6) is -2.84. The lowest BCUT2D eigenvalue weighted by atomic mass is 10.5. The Bertz CT molecular complexity index is 436. The third-order valence-corrected chi connectivity index (χ3v) is 1.84. The van der Waals surface area contributed by atoms with Crippen molar-refractivity contribution in [2.24, 2.45) is 0 Å². The first-order valence-corrected chi connectivity index (χ1v) is 6.38. The molecule has 0 unspecified atom stereocenters. The molecular formula is C12H23N3O10. The first-order valence-electron chi connectivity index (χ1n) is 6.38. The number of carboxylic acids is 3. The molecule has 0 bridgehead atoms. The molecule has 0 aromatic rings. The molecule has 0 spiro atoms. The summed E-state index contributed by atoms with van der Waals surface area (Å²) in [4.78, 5) is 52.0. The lowest BCUT2D eigenvalue weighted by molar-refractivity contribution is -0.141. The second kappa shape index (κ2) is 14.6. The third-order valence-electron chi connectivity index (χ3n) is 1.84. The van der Waals surface area contributed by atoms with E-state index in [9.17, 15) is 24.0 Å². The maximum atomic E-state index is 9.96. The van der Waals surface area contributed by atoms with Crippen LogP contribution in [0.25, 0.3) is 0 Å². The normalized spacial score (nSPS) is 9.20. The van der Waals surface area contributed by atoms with Gasteiger partial charge in [-0.1, -0.05) is 0 Å². The standard InChI is InChI=1S/C5H9NO4.C4H9NO2.C3H5NO4/c1-6(2-4(7)8)3-5(9)10;1-5(2)3-4(6)7;1-4(2(5)6)3(7)8/h2-3H2,1H3,(H,7,8)(H,9,10);3H2,1-2H3,(H,6,7);1H3,(H,5,6)(H,7,8). The minimum atomic E-state index is -1.47. The molecule has 0 atom stereocenters. The van der Waals surface area contributed by atoms with Gasteiger partial charge in [0.1, 0.15) is 0 Å². The molecule has 2 amide bonds. The van der Waals surface area contributed by atoms with Gasteiger partial charge in [0.05, 0.1) is 19.6 Å². The van der Waals surface area contributed by atoms with Crippen molar-refractivity contribution in [2.75, 3.05) is 47.8 Å². The molecule has 0 saturated carbocycles. The van der Waals surface area contributed by atoms with Gasteiger partial charge in [-0.15, -0.1) is 0 Å². The van der Waals surface area contributed by atoms with Crippen LogP contribution < -0.4 is 0 Å². The topological polar surface area (TPSA) is 196 Å². The van der Waals surface area contributed by atoms with E-state index in [1.807, 2.05) is 0 Å². The molecular weight excluding hydrogens is 346 g/mol. The molecule has 13 heteroatoms. The van der Waals surface area contributed by atoms with Crippen molar-refractivity contribution in [1.29, 1.82) is 0 Å². The number of imide groups is 1. The van der Waals surface area contributed by atoms with Crippen molar-refractivity contribution < 1.29 is 49.5 Å². The molecule has 13 nitrogen and oxygen atoms in total. The molecule has 0 aromatic carbocycles. The van der Waals surface area contributed by atoms with E-state index in [0.29, 0.717) is 0 Å². The fourth-order valence-corrected chi connectivity index (χ4v) is 0.870. The predicted molar refractivity (Wildman–Crippen MR) is 82.8 cm³/mol. The number of nitrogens with zero attached hydrogens (tertiary/aromatic N) is 3. The van der Waals surface area contributed by atoms with Gasteiger partial charge >= 0.3 is 30.1 Å². The number of carbonyl (C=O) groups is 5. The molecule has 146 valence electrons. The number of amides is 2. The second-order valence-electron chi connectivity index (χ2n) is 4.72. The maximum Gasteiger partial charge on any atom is 0.416 e. The largest absolute Gasteiger partial charge is 0.480 e. The van der Waals surface area contributed by atoms with Crippen molar-refractivity contribution >= 4 is 30.1 Å². The summed E-state index contributed by atoms with van der Waals surface area (Å²) in [6.45, 7) is -0.376. The van der Waals surface area contributed by atoms with Crippen LogP contribution in [0, 0.1) is 0 Å². The van der Waals surface area contributed by atoms with E-state index in [0.717, 1.165) is 7.05 Å². The van der Waals surface area contributed by atoms with E-state index < -0.39 is 30.1 Å². The Labute approximate surface area is 143 Å². The van der Waals surface area contributed by atoms with Crippen LogP contribution in [-0.4, -0.2) is 118 Å². The number of hydrogen-bond donors (Lipinski definition) is 5. The van der Waals surface area contributed by atoms with Crippen molar-refractivity contribution in [2.45, 2.75) is 0 Å². The molecule has 0 rings (SSSR count). The molecule has 0 aliphatic carbocycles. The van der Waals surface area contributed by atoms with Gasteiger partial charge in [0.15, 0.2) is 0 Å².